The van der Waals surface area contributed by atoms with Gasteiger partial charge in [-0.05, 0) is 12.1 Å². The van der Waals surface area contributed by atoms with Crippen LogP contribution in [0.1, 0.15) is 5.89 Å². The minimum Gasteiger partial charge on any atom is -0.493 e. The van der Waals surface area contributed by atoms with Crippen LogP contribution in [0, 0.1) is 0 Å². The van der Waals surface area contributed by atoms with Crippen LogP contribution in [0.3, 0.4) is 0 Å². The molecule has 0 spiro atoms. The number of oxazole rings is 1. The van der Waals surface area contributed by atoms with Crippen LogP contribution >= 0.6 is 0 Å². The molecule has 126 valence electrons. The first-order valence-electron chi connectivity index (χ1n) is 7.52. The van der Waals surface area contributed by atoms with Gasteiger partial charge in [-0.2, -0.15) is 0 Å². The number of methoxy groups -OCH3 is 3. The van der Waals surface area contributed by atoms with E-state index in [-0.39, 0.29) is 0 Å². The summed E-state index contributed by atoms with van der Waals surface area (Å²) in [6.45, 7) is 0.521. The Morgan fingerprint density at radius 1 is 1.00 bits per heavy atom. The number of hydrogen-bond acceptors (Lipinski definition) is 6. The van der Waals surface area contributed by atoms with E-state index in [1.807, 2.05) is 48.3 Å². The third-order valence-corrected chi connectivity index (χ3v) is 3.80. The Balaban J connectivity index is 1.90. The summed E-state index contributed by atoms with van der Waals surface area (Å²) in [5.41, 5.74) is 2.54. The molecule has 6 nitrogen and oxygen atoms in total. The van der Waals surface area contributed by atoms with E-state index in [1.54, 1.807) is 21.3 Å². The third kappa shape index (κ3) is 2.95. The molecule has 2 aromatic carbocycles. The average molecular weight is 328 g/mol. The normalized spacial score (nSPS) is 10.7. The van der Waals surface area contributed by atoms with Crippen molar-refractivity contribution >= 4 is 16.8 Å². The van der Waals surface area contributed by atoms with Gasteiger partial charge in [0.1, 0.15) is 5.52 Å². The van der Waals surface area contributed by atoms with Gasteiger partial charge in [0.05, 0.1) is 27.9 Å². The van der Waals surface area contributed by atoms with E-state index in [4.69, 9.17) is 18.6 Å². The first-order valence-corrected chi connectivity index (χ1v) is 7.52. The van der Waals surface area contributed by atoms with Crippen LogP contribution in [0.4, 0.5) is 5.69 Å². The summed E-state index contributed by atoms with van der Waals surface area (Å²) in [5.74, 6) is 2.43. The highest BCUT2D eigenvalue weighted by molar-refractivity contribution is 5.72. The molecule has 24 heavy (non-hydrogen) atoms. The van der Waals surface area contributed by atoms with Crippen LogP contribution in [0.5, 0.6) is 17.2 Å². The Labute approximate surface area is 140 Å². The van der Waals surface area contributed by atoms with E-state index in [2.05, 4.69) is 4.98 Å². The van der Waals surface area contributed by atoms with Crippen molar-refractivity contribution in [2.24, 2.45) is 0 Å². The van der Waals surface area contributed by atoms with Crippen molar-refractivity contribution in [2.75, 3.05) is 33.3 Å². The molecule has 0 aliphatic heterocycles. The van der Waals surface area contributed by atoms with Crippen molar-refractivity contribution in [1.82, 2.24) is 4.98 Å². The minimum atomic E-state index is 0.521. The monoisotopic (exact) mass is 328 g/mol. The second kappa shape index (κ2) is 6.70. The largest absolute Gasteiger partial charge is 0.493 e. The predicted octanol–water partition coefficient (Wildman–Crippen LogP) is 3.49. The highest BCUT2D eigenvalue weighted by Crippen LogP contribution is 2.41. The Hall–Kier alpha value is -2.89. The van der Waals surface area contributed by atoms with Crippen LogP contribution in [0.15, 0.2) is 40.8 Å². The van der Waals surface area contributed by atoms with Gasteiger partial charge in [-0.1, -0.05) is 12.1 Å². The number of benzene rings is 2. The molecule has 1 aromatic heterocycles. The van der Waals surface area contributed by atoms with Gasteiger partial charge in [0.15, 0.2) is 17.1 Å². The topological polar surface area (TPSA) is 57.0 Å². The van der Waals surface area contributed by atoms with E-state index in [9.17, 15) is 0 Å². The van der Waals surface area contributed by atoms with Gasteiger partial charge in [0.25, 0.3) is 0 Å². The smallest absolute Gasteiger partial charge is 0.215 e. The zero-order valence-corrected chi connectivity index (χ0v) is 14.2. The quantitative estimate of drug-likeness (QED) is 0.690. The van der Waals surface area contributed by atoms with Gasteiger partial charge < -0.3 is 23.5 Å². The molecule has 0 saturated carbocycles. The van der Waals surface area contributed by atoms with Crippen molar-refractivity contribution in [1.29, 1.82) is 0 Å². The molecule has 0 radical (unpaired) electrons. The van der Waals surface area contributed by atoms with Crippen molar-refractivity contribution < 1.29 is 18.6 Å². The summed E-state index contributed by atoms with van der Waals surface area (Å²) in [6.07, 6.45) is 0. The van der Waals surface area contributed by atoms with Crippen LogP contribution in [-0.4, -0.2) is 33.4 Å². The lowest BCUT2D eigenvalue weighted by Crippen LogP contribution is -2.16. The summed E-state index contributed by atoms with van der Waals surface area (Å²) < 4.78 is 21.9. The molecule has 0 unspecified atom stereocenters. The number of anilines is 1. The number of rotatable bonds is 6. The lowest BCUT2D eigenvalue weighted by atomic mass is 10.2. The molecule has 0 amide bonds. The van der Waals surface area contributed by atoms with Crippen molar-refractivity contribution in [2.45, 2.75) is 6.54 Å². The summed E-state index contributed by atoms with van der Waals surface area (Å²) in [7, 11) is 6.74. The highest BCUT2D eigenvalue weighted by Gasteiger charge is 2.16. The molecule has 3 aromatic rings. The molecule has 0 N–H and O–H groups in total. The molecular weight excluding hydrogens is 308 g/mol. The van der Waals surface area contributed by atoms with E-state index >= 15 is 0 Å². The van der Waals surface area contributed by atoms with Crippen molar-refractivity contribution in [3.05, 3.63) is 42.3 Å². The fraction of sp³-hybridized carbons (Fsp3) is 0.278. The summed E-state index contributed by atoms with van der Waals surface area (Å²) in [6, 6.07) is 11.5. The standard InChI is InChI=1S/C18H20N2O4/c1-20(11-17-19-13-7-5-6-8-14(13)24-17)12-9-15(21-2)18(23-4)16(10-12)22-3/h5-10H,11H2,1-4H3. The molecule has 6 heteroatoms. The maximum atomic E-state index is 5.78. The Kier molecular flexibility index (Phi) is 4.46. The Morgan fingerprint density at radius 3 is 2.25 bits per heavy atom. The average Bonchev–Trinajstić information content (AvgIpc) is 3.02. The van der Waals surface area contributed by atoms with Crippen LogP contribution < -0.4 is 19.1 Å². The minimum absolute atomic E-state index is 0.521. The van der Waals surface area contributed by atoms with E-state index in [0.29, 0.717) is 29.7 Å². The molecule has 0 aliphatic carbocycles. The van der Waals surface area contributed by atoms with Crippen LogP contribution in [-0.2, 0) is 6.54 Å². The lowest BCUT2D eigenvalue weighted by Gasteiger charge is -2.20. The van der Waals surface area contributed by atoms with Crippen LogP contribution in [0.25, 0.3) is 11.1 Å². The molecule has 0 fully saturated rings. The van der Waals surface area contributed by atoms with Gasteiger partial charge in [-0.15, -0.1) is 0 Å². The van der Waals surface area contributed by atoms with Gasteiger partial charge >= 0.3 is 0 Å². The van der Waals surface area contributed by atoms with Gasteiger partial charge in [-0.3, -0.25) is 0 Å². The third-order valence-electron chi connectivity index (χ3n) is 3.80. The number of fused-ring (bicyclic) bond motifs is 1. The van der Waals surface area contributed by atoms with Gasteiger partial charge in [0.2, 0.25) is 11.6 Å². The number of ether oxygens (including phenoxy) is 3. The van der Waals surface area contributed by atoms with E-state index in [1.165, 1.54) is 0 Å². The summed E-state index contributed by atoms with van der Waals surface area (Å²) >= 11 is 0. The number of hydrogen-bond donors (Lipinski definition) is 0. The fourth-order valence-electron chi connectivity index (χ4n) is 2.57. The molecule has 3 rings (SSSR count). The second-order valence-electron chi connectivity index (χ2n) is 5.31. The number of nitrogens with zero attached hydrogens (tertiary/aromatic N) is 2. The van der Waals surface area contributed by atoms with Gasteiger partial charge in [0, 0.05) is 24.9 Å². The molecule has 0 aliphatic rings. The zero-order valence-electron chi connectivity index (χ0n) is 14.2. The van der Waals surface area contributed by atoms with E-state index < -0.39 is 0 Å². The van der Waals surface area contributed by atoms with Gasteiger partial charge in [-0.25, -0.2) is 4.98 Å². The van der Waals surface area contributed by atoms with Crippen molar-refractivity contribution in [3.63, 3.8) is 0 Å². The lowest BCUT2D eigenvalue weighted by molar-refractivity contribution is 0.324. The second-order valence-corrected chi connectivity index (χ2v) is 5.31. The zero-order chi connectivity index (χ0) is 17.1. The fourth-order valence-corrected chi connectivity index (χ4v) is 2.57. The van der Waals surface area contributed by atoms with E-state index in [0.717, 1.165) is 16.8 Å². The molecule has 0 saturated heterocycles. The Bertz CT molecular complexity index is 786. The number of aromatic nitrogens is 1. The first-order chi connectivity index (χ1) is 11.7. The van der Waals surface area contributed by atoms with Crippen molar-refractivity contribution in [3.8, 4) is 17.2 Å². The highest BCUT2D eigenvalue weighted by atomic mass is 16.5. The Morgan fingerprint density at radius 2 is 1.67 bits per heavy atom. The first kappa shape index (κ1) is 16.0. The maximum absolute atomic E-state index is 5.78. The molecule has 1 heterocycles. The summed E-state index contributed by atoms with van der Waals surface area (Å²) in [4.78, 5) is 6.51. The molecule has 0 atom stereocenters. The molecule has 0 bridgehead atoms. The molecular formula is C18H20N2O4. The SMILES string of the molecule is COc1cc(N(C)Cc2nc3ccccc3o2)cc(OC)c1OC. The predicted molar refractivity (Wildman–Crippen MR) is 92.2 cm³/mol. The van der Waals surface area contributed by atoms with Crippen LogP contribution in [0.2, 0.25) is 0 Å². The summed E-state index contributed by atoms with van der Waals surface area (Å²) in [5, 5.41) is 0. The maximum Gasteiger partial charge on any atom is 0.215 e. The number of para-hydroxylation sites is 2.